The zero-order chi connectivity index (χ0) is 18.9. The normalized spacial score (nSPS) is 17.7. The van der Waals surface area contributed by atoms with Crippen molar-refractivity contribution in [1.29, 1.82) is 0 Å². The van der Waals surface area contributed by atoms with Crippen molar-refractivity contribution < 1.29 is 9.59 Å². The molecule has 164 valence electrons. The molecule has 0 atom stereocenters. The molecule has 9 heteroatoms. The number of hydrogen-bond acceptors (Lipinski definition) is 5. The molecule has 2 heterocycles. The molecule has 0 saturated carbocycles. The van der Waals surface area contributed by atoms with Gasteiger partial charge in [-0.05, 0) is 5.56 Å². The van der Waals surface area contributed by atoms with E-state index in [1.165, 1.54) is 0 Å². The van der Waals surface area contributed by atoms with Gasteiger partial charge >= 0.3 is 0 Å². The second-order valence-corrected chi connectivity index (χ2v) is 7.26. The Kier molecular flexibility index (Phi) is 12.2. The van der Waals surface area contributed by atoms with Crippen LogP contribution in [0.4, 0.5) is 0 Å². The maximum Gasteiger partial charge on any atom is 0.234 e. The lowest BCUT2D eigenvalue weighted by atomic mass is 10.2. The monoisotopic (exact) mass is 445 g/mol. The molecule has 2 saturated heterocycles. The Labute approximate surface area is 186 Å². The van der Waals surface area contributed by atoms with Gasteiger partial charge in [0, 0.05) is 71.9 Å². The zero-order valence-electron chi connectivity index (χ0n) is 16.8. The molecule has 0 radical (unpaired) electrons. The molecule has 0 unspecified atom stereocenters. The van der Waals surface area contributed by atoms with Gasteiger partial charge in [0.2, 0.25) is 11.8 Å². The number of piperazine rings is 2. The molecule has 29 heavy (non-hydrogen) atoms. The molecule has 2 aliphatic heterocycles. The average molecular weight is 446 g/mol. The summed E-state index contributed by atoms with van der Waals surface area (Å²) < 4.78 is 0. The molecule has 0 aliphatic carbocycles. The van der Waals surface area contributed by atoms with Gasteiger partial charge in [-0.25, -0.2) is 0 Å². The number of nitrogens with one attached hydrogen (secondary N) is 2. The summed E-state index contributed by atoms with van der Waals surface area (Å²) in [6.07, 6.45) is 0.595. The number of carbonyl (C=O) groups excluding carboxylic acids is 2. The smallest absolute Gasteiger partial charge is 0.234 e. The maximum atomic E-state index is 12.2. The Morgan fingerprint density at radius 1 is 0.897 bits per heavy atom. The van der Waals surface area contributed by atoms with E-state index in [9.17, 15) is 9.59 Å². The Bertz CT molecular complexity index is 606. The summed E-state index contributed by atoms with van der Waals surface area (Å²) >= 11 is 0. The van der Waals surface area contributed by atoms with E-state index in [0.717, 1.165) is 64.5 Å². The number of nitrogens with zero attached hydrogens (tertiary/aromatic N) is 3. The van der Waals surface area contributed by atoms with E-state index < -0.39 is 0 Å². The summed E-state index contributed by atoms with van der Waals surface area (Å²) in [5, 5.41) is 6.26. The van der Waals surface area contributed by atoms with E-state index in [1.807, 2.05) is 35.2 Å². The van der Waals surface area contributed by atoms with Gasteiger partial charge in [0.25, 0.3) is 0 Å². The van der Waals surface area contributed by atoms with Gasteiger partial charge in [0.1, 0.15) is 0 Å². The predicted octanol–water partition coefficient (Wildman–Crippen LogP) is 0.586. The van der Waals surface area contributed by atoms with Gasteiger partial charge in [0.15, 0.2) is 0 Å². The van der Waals surface area contributed by atoms with Crippen LogP contribution in [0.1, 0.15) is 12.0 Å². The van der Waals surface area contributed by atoms with Crippen LogP contribution in [-0.4, -0.2) is 92.0 Å². The lowest BCUT2D eigenvalue weighted by Crippen LogP contribution is -2.50. The second-order valence-electron chi connectivity index (χ2n) is 7.26. The zero-order valence-corrected chi connectivity index (χ0v) is 18.5. The fourth-order valence-corrected chi connectivity index (χ4v) is 3.55. The van der Waals surface area contributed by atoms with E-state index in [1.54, 1.807) is 0 Å². The highest BCUT2D eigenvalue weighted by molar-refractivity contribution is 5.85. The second kappa shape index (κ2) is 13.8. The molecular formula is C20H33Cl2N5O2. The first-order valence-corrected chi connectivity index (χ1v) is 9.94. The summed E-state index contributed by atoms with van der Waals surface area (Å²) in [6.45, 7) is 8.87. The van der Waals surface area contributed by atoms with Crippen LogP contribution in [0, 0.1) is 0 Å². The van der Waals surface area contributed by atoms with Crippen molar-refractivity contribution >= 4 is 36.6 Å². The lowest BCUT2D eigenvalue weighted by molar-refractivity contribution is -0.132. The predicted molar refractivity (Wildman–Crippen MR) is 120 cm³/mol. The molecule has 0 bridgehead atoms. The summed E-state index contributed by atoms with van der Waals surface area (Å²) in [5.74, 6) is 0.334. The minimum atomic E-state index is 0. The largest absolute Gasteiger partial charge is 0.351 e. The van der Waals surface area contributed by atoms with Crippen molar-refractivity contribution in [2.24, 2.45) is 0 Å². The van der Waals surface area contributed by atoms with E-state index >= 15 is 0 Å². The van der Waals surface area contributed by atoms with E-state index in [2.05, 4.69) is 20.4 Å². The first kappa shape index (κ1) is 25.7. The van der Waals surface area contributed by atoms with Gasteiger partial charge in [0.05, 0.1) is 6.54 Å². The van der Waals surface area contributed by atoms with Gasteiger partial charge in [-0.2, -0.15) is 0 Å². The third-order valence-electron chi connectivity index (χ3n) is 5.28. The van der Waals surface area contributed by atoms with Gasteiger partial charge in [-0.15, -0.1) is 24.8 Å². The first-order chi connectivity index (χ1) is 13.2. The molecule has 0 spiro atoms. The van der Waals surface area contributed by atoms with Crippen LogP contribution in [0.25, 0.3) is 0 Å². The molecule has 0 aromatic heterocycles. The molecule has 2 fully saturated rings. The van der Waals surface area contributed by atoms with Crippen LogP contribution in [0.2, 0.25) is 0 Å². The third-order valence-corrected chi connectivity index (χ3v) is 5.28. The third kappa shape index (κ3) is 8.88. The number of benzene rings is 1. The van der Waals surface area contributed by atoms with Crippen LogP contribution in [-0.2, 0) is 16.1 Å². The van der Waals surface area contributed by atoms with Crippen LogP contribution in [0.5, 0.6) is 0 Å². The first-order valence-electron chi connectivity index (χ1n) is 9.94. The molecule has 7 nitrogen and oxygen atoms in total. The molecule has 3 rings (SSSR count). The van der Waals surface area contributed by atoms with Crippen LogP contribution in [0.15, 0.2) is 30.3 Å². The fraction of sp³-hybridized carbons (Fsp3) is 0.600. The highest BCUT2D eigenvalue weighted by atomic mass is 35.5. The molecule has 2 amide bonds. The summed E-state index contributed by atoms with van der Waals surface area (Å²) in [6, 6.07) is 9.96. The Balaban J connectivity index is 0.00000210. The van der Waals surface area contributed by atoms with E-state index in [4.69, 9.17) is 0 Å². The van der Waals surface area contributed by atoms with E-state index in [0.29, 0.717) is 19.5 Å². The molecule has 2 N–H and O–H groups in total. The van der Waals surface area contributed by atoms with E-state index in [-0.39, 0.29) is 36.6 Å². The van der Waals surface area contributed by atoms with Crippen LogP contribution >= 0.6 is 24.8 Å². The Morgan fingerprint density at radius 3 is 2.17 bits per heavy atom. The minimum Gasteiger partial charge on any atom is -0.351 e. The Morgan fingerprint density at radius 2 is 1.52 bits per heavy atom. The van der Waals surface area contributed by atoms with Gasteiger partial charge in [-0.1, -0.05) is 30.3 Å². The van der Waals surface area contributed by atoms with Crippen molar-refractivity contribution in [3.8, 4) is 0 Å². The lowest BCUT2D eigenvalue weighted by Gasteiger charge is -2.34. The van der Waals surface area contributed by atoms with Crippen LogP contribution < -0.4 is 10.6 Å². The standard InChI is InChI=1S/C20H31N5O2.2ClH/c26-19(22-16-18-4-2-1-3-5-18)17-24-14-12-23(13-15-24)9-6-20(27)25-10-7-21-8-11-25;;/h1-5,21H,6-17H2,(H,22,26);2*1H. The van der Waals surface area contributed by atoms with Crippen molar-refractivity contribution in [2.75, 3.05) is 65.4 Å². The Hall–Kier alpha value is -1.38. The number of hydrogen-bond donors (Lipinski definition) is 2. The van der Waals surface area contributed by atoms with Gasteiger partial charge < -0.3 is 20.4 Å². The summed E-state index contributed by atoms with van der Waals surface area (Å²) in [4.78, 5) is 30.9. The minimum absolute atomic E-state index is 0. The number of halogens is 2. The van der Waals surface area contributed by atoms with Crippen molar-refractivity contribution in [3.05, 3.63) is 35.9 Å². The van der Waals surface area contributed by atoms with Crippen molar-refractivity contribution in [1.82, 2.24) is 25.3 Å². The molecule has 1 aromatic rings. The molecular weight excluding hydrogens is 413 g/mol. The summed E-state index contributed by atoms with van der Waals surface area (Å²) in [5.41, 5.74) is 1.12. The number of amides is 2. The quantitative estimate of drug-likeness (QED) is 0.642. The highest BCUT2D eigenvalue weighted by Gasteiger charge is 2.21. The van der Waals surface area contributed by atoms with Crippen LogP contribution in [0.3, 0.4) is 0 Å². The highest BCUT2D eigenvalue weighted by Crippen LogP contribution is 2.05. The van der Waals surface area contributed by atoms with Crippen molar-refractivity contribution in [2.45, 2.75) is 13.0 Å². The summed E-state index contributed by atoms with van der Waals surface area (Å²) in [7, 11) is 0. The maximum absolute atomic E-state index is 12.2. The number of rotatable bonds is 7. The van der Waals surface area contributed by atoms with Crippen molar-refractivity contribution in [3.63, 3.8) is 0 Å². The molecule has 1 aromatic carbocycles. The topological polar surface area (TPSA) is 67.9 Å². The SMILES string of the molecule is Cl.Cl.O=C(CN1CCN(CCC(=O)N2CCNCC2)CC1)NCc1ccccc1. The van der Waals surface area contributed by atoms with Gasteiger partial charge in [-0.3, -0.25) is 14.5 Å². The molecule has 2 aliphatic rings. The fourth-order valence-electron chi connectivity index (χ4n) is 3.55. The number of carbonyl (C=O) groups is 2. The average Bonchev–Trinajstić information content (AvgIpc) is 2.73.